The van der Waals surface area contributed by atoms with Gasteiger partial charge in [0.1, 0.15) is 0 Å². The van der Waals surface area contributed by atoms with Crippen molar-refractivity contribution in [2.24, 2.45) is 5.41 Å². The molecule has 0 aromatic carbocycles. The van der Waals surface area contributed by atoms with Crippen molar-refractivity contribution in [2.45, 2.75) is 47.0 Å². The minimum atomic E-state index is 0. The predicted molar refractivity (Wildman–Crippen MR) is 46.1 cm³/mol. The lowest BCUT2D eigenvalue weighted by atomic mass is 10.0. The third kappa shape index (κ3) is 307. The first-order valence-corrected chi connectivity index (χ1v) is 3.50. The van der Waals surface area contributed by atoms with Gasteiger partial charge < -0.3 is 6.15 Å². The largest absolute Gasteiger partial charge is 0.344 e. The third-order valence-electron chi connectivity index (χ3n) is 0.354. The summed E-state index contributed by atoms with van der Waals surface area (Å²) in [5.41, 5.74) is 0.500. The molecule has 0 aliphatic heterocycles. The maximum Gasteiger partial charge on any atom is 0 e. The van der Waals surface area contributed by atoms with Gasteiger partial charge in [-0.05, 0) is 5.41 Å². The average Bonchev–Trinajstić information content (AvgIpc) is 1.95. The second-order valence-electron chi connectivity index (χ2n) is 4.06. The van der Waals surface area contributed by atoms with Gasteiger partial charge in [0.15, 0.2) is 0 Å². The molecular weight excluding hydrogens is 110 g/mol. The zero-order chi connectivity index (χ0) is 6.62. The van der Waals surface area contributed by atoms with Crippen LogP contribution in [0.5, 0.6) is 0 Å². The topological polar surface area (TPSA) is 35.0 Å². The Morgan fingerprint density at radius 2 is 1.00 bits per heavy atom. The van der Waals surface area contributed by atoms with Crippen LogP contribution >= 0.6 is 0 Å². The smallest absolute Gasteiger partial charge is 0 e. The second kappa shape index (κ2) is 4.80. The van der Waals surface area contributed by atoms with Crippen molar-refractivity contribution in [1.82, 2.24) is 6.15 Å². The molecule has 0 unspecified atom stereocenters. The van der Waals surface area contributed by atoms with E-state index in [1.807, 2.05) is 0 Å². The first-order chi connectivity index (χ1) is 3.50. The van der Waals surface area contributed by atoms with E-state index in [1.165, 1.54) is 19.3 Å². The van der Waals surface area contributed by atoms with Gasteiger partial charge in [0, 0.05) is 1.43 Å². The average molecular weight is 133 g/mol. The van der Waals surface area contributed by atoms with Crippen molar-refractivity contribution in [3.8, 4) is 0 Å². The van der Waals surface area contributed by atoms with Crippen molar-refractivity contribution in [3.05, 3.63) is 0 Å². The fraction of sp³-hybridized carbons (Fsp3) is 1.00. The molecule has 1 aliphatic carbocycles. The number of hydrogen-bond donors (Lipinski definition) is 1. The number of hydrogen-bond acceptors (Lipinski definition) is 1. The molecule has 0 aromatic rings. The van der Waals surface area contributed by atoms with Crippen LogP contribution in [0.25, 0.3) is 0 Å². The molecule has 0 amide bonds. The van der Waals surface area contributed by atoms with E-state index in [9.17, 15) is 0 Å². The van der Waals surface area contributed by atoms with Crippen LogP contribution in [-0.2, 0) is 0 Å². The Morgan fingerprint density at radius 1 is 0.889 bits per heavy atom. The van der Waals surface area contributed by atoms with Crippen LogP contribution in [0.3, 0.4) is 0 Å². The molecule has 1 heteroatoms. The highest BCUT2D eigenvalue weighted by Gasteiger charge is 1.95. The highest BCUT2D eigenvalue weighted by atomic mass is 14.0. The molecule has 3 N–H and O–H groups in total. The van der Waals surface area contributed by atoms with Crippen molar-refractivity contribution >= 4 is 0 Å². The minimum Gasteiger partial charge on any atom is -0.344 e. The highest BCUT2D eigenvalue weighted by molar-refractivity contribution is 4.50. The van der Waals surface area contributed by atoms with Gasteiger partial charge in [0.2, 0.25) is 0 Å². The van der Waals surface area contributed by atoms with Crippen LogP contribution in [0.1, 0.15) is 48.4 Å². The molecular formula is C8H23N. The fourth-order valence-electron chi connectivity index (χ4n) is 0. The van der Waals surface area contributed by atoms with Gasteiger partial charge in [-0.15, -0.1) is 0 Å². The molecule has 0 atom stereocenters. The predicted octanol–water partition coefficient (Wildman–Crippen LogP) is 3.63. The van der Waals surface area contributed by atoms with Gasteiger partial charge in [-0.25, -0.2) is 0 Å². The summed E-state index contributed by atoms with van der Waals surface area (Å²) in [4.78, 5) is 0. The van der Waals surface area contributed by atoms with E-state index < -0.39 is 0 Å². The van der Waals surface area contributed by atoms with Crippen LogP contribution in [0.2, 0.25) is 0 Å². The lowest BCUT2D eigenvalue weighted by molar-refractivity contribution is 0.469. The van der Waals surface area contributed by atoms with Gasteiger partial charge in [-0.2, -0.15) is 0 Å². The van der Waals surface area contributed by atoms with Crippen LogP contribution < -0.4 is 6.15 Å². The van der Waals surface area contributed by atoms with Crippen LogP contribution in [0.4, 0.5) is 0 Å². The molecule has 1 nitrogen and oxygen atoms in total. The van der Waals surface area contributed by atoms with E-state index in [-0.39, 0.29) is 7.58 Å². The standard InChI is InChI=1S/C5H12.C3H6.H3N.H2/c1-5(2,3)4;1-2-3-1;;/h1-4H3;1-3H2;1H3;1H. The summed E-state index contributed by atoms with van der Waals surface area (Å²) in [6.45, 7) is 8.75. The Morgan fingerprint density at radius 3 is 1.00 bits per heavy atom. The van der Waals surface area contributed by atoms with Crippen LogP contribution in [0.15, 0.2) is 0 Å². The summed E-state index contributed by atoms with van der Waals surface area (Å²) in [6.07, 6.45) is 4.50. The normalized spacial score (nSPS) is 14.7. The van der Waals surface area contributed by atoms with E-state index in [4.69, 9.17) is 0 Å². The Hall–Kier alpha value is -0.0400. The maximum atomic E-state index is 2.19. The van der Waals surface area contributed by atoms with Crippen molar-refractivity contribution in [1.29, 1.82) is 0 Å². The minimum absolute atomic E-state index is 0. The lowest BCUT2D eigenvalue weighted by Gasteiger charge is -2.05. The molecule has 0 heterocycles. The summed E-state index contributed by atoms with van der Waals surface area (Å²) in [5.74, 6) is 0. The summed E-state index contributed by atoms with van der Waals surface area (Å²) >= 11 is 0. The summed E-state index contributed by atoms with van der Waals surface area (Å²) in [5, 5.41) is 0. The van der Waals surface area contributed by atoms with E-state index in [1.54, 1.807) is 0 Å². The SMILES string of the molecule is C1CC1.CC(C)(C)C.N.[HH]. The molecule has 9 heavy (non-hydrogen) atoms. The summed E-state index contributed by atoms with van der Waals surface area (Å²) in [7, 11) is 0. The van der Waals surface area contributed by atoms with E-state index in [0.717, 1.165) is 0 Å². The van der Waals surface area contributed by atoms with Gasteiger partial charge in [-0.1, -0.05) is 47.0 Å². The van der Waals surface area contributed by atoms with Gasteiger partial charge in [-0.3, -0.25) is 0 Å². The summed E-state index contributed by atoms with van der Waals surface area (Å²) < 4.78 is 0. The van der Waals surface area contributed by atoms with Crippen molar-refractivity contribution < 1.29 is 1.43 Å². The Labute approximate surface area is 60.9 Å². The zero-order valence-electron chi connectivity index (χ0n) is 7.33. The van der Waals surface area contributed by atoms with Crippen LogP contribution in [-0.4, -0.2) is 0 Å². The molecule has 1 fully saturated rings. The maximum absolute atomic E-state index is 2.19. The van der Waals surface area contributed by atoms with E-state index >= 15 is 0 Å². The molecule has 1 aliphatic rings. The van der Waals surface area contributed by atoms with Gasteiger partial charge in [0.25, 0.3) is 0 Å². The summed E-state index contributed by atoms with van der Waals surface area (Å²) in [6, 6.07) is 0. The Bertz CT molecular complexity index is 46.0. The Balaban J connectivity index is -0.0000000860. The van der Waals surface area contributed by atoms with E-state index in [2.05, 4.69) is 27.7 Å². The first kappa shape index (κ1) is 11.7. The second-order valence-corrected chi connectivity index (χ2v) is 4.06. The molecule has 0 saturated heterocycles. The molecule has 0 bridgehead atoms. The monoisotopic (exact) mass is 133 g/mol. The highest BCUT2D eigenvalue weighted by Crippen LogP contribution is 2.14. The molecule has 0 radical (unpaired) electrons. The fourth-order valence-corrected chi connectivity index (χ4v) is 0. The molecule has 0 spiro atoms. The first-order valence-electron chi connectivity index (χ1n) is 3.50. The van der Waals surface area contributed by atoms with Gasteiger partial charge in [0.05, 0.1) is 0 Å². The van der Waals surface area contributed by atoms with Crippen molar-refractivity contribution in [2.75, 3.05) is 0 Å². The molecule has 0 aromatic heterocycles. The van der Waals surface area contributed by atoms with Crippen molar-refractivity contribution in [3.63, 3.8) is 0 Å². The lowest BCUT2D eigenvalue weighted by Crippen LogP contribution is -1.93. The molecule has 60 valence electrons. The zero-order valence-corrected chi connectivity index (χ0v) is 7.33. The van der Waals surface area contributed by atoms with E-state index in [0.29, 0.717) is 5.41 Å². The molecule has 1 saturated carbocycles. The van der Waals surface area contributed by atoms with Gasteiger partial charge >= 0.3 is 0 Å². The Kier molecular flexibility index (Phi) is 6.25. The third-order valence-corrected chi connectivity index (χ3v) is 0.354. The quantitative estimate of drug-likeness (QED) is 0.538. The number of rotatable bonds is 0. The molecule has 1 rings (SSSR count). The van der Waals surface area contributed by atoms with Crippen LogP contribution in [0, 0.1) is 5.41 Å².